The maximum atomic E-state index is 12.3. The van der Waals surface area contributed by atoms with Crippen molar-refractivity contribution in [1.29, 1.82) is 0 Å². The van der Waals surface area contributed by atoms with Crippen molar-refractivity contribution in [2.45, 2.75) is 72.3 Å². The molecule has 0 saturated carbocycles. The molecule has 0 amide bonds. The van der Waals surface area contributed by atoms with Crippen LogP contribution in [0.3, 0.4) is 0 Å². The fourth-order valence-electron chi connectivity index (χ4n) is 2.57. The lowest BCUT2D eigenvalue weighted by molar-refractivity contribution is 0.0877. The van der Waals surface area contributed by atoms with Crippen molar-refractivity contribution < 1.29 is 9.53 Å². The lowest BCUT2D eigenvalue weighted by Gasteiger charge is -2.22. The summed E-state index contributed by atoms with van der Waals surface area (Å²) >= 11 is 0. The van der Waals surface area contributed by atoms with Crippen LogP contribution in [0, 0.1) is 5.41 Å². The van der Waals surface area contributed by atoms with Crippen LogP contribution in [0.1, 0.15) is 76.2 Å². The molecule has 0 spiro atoms. The minimum atomic E-state index is -0.468. The van der Waals surface area contributed by atoms with E-state index < -0.39 is 5.54 Å². The molecule has 1 rings (SSSR count). The zero-order valence-corrected chi connectivity index (χ0v) is 16.9. The maximum absolute atomic E-state index is 12.3. The van der Waals surface area contributed by atoms with Crippen molar-refractivity contribution in [3.05, 3.63) is 45.8 Å². The summed E-state index contributed by atoms with van der Waals surface area (Å²) in [6, 6.07) is 7.58. The monoisotopic (exact) mass is 359 g/mol. The highest BCUT2D eigenvalue weighted by Crippen LogP contribution is 2.24. The molecular formula is C21H33N3O2. The Morgan fingerprint density at radius 2 is 1.81 bits per heavy atom. The van der Waals surface area contributed by atoms with E-state index in [4.69, 9.17) is 10.3 Å². The van der Waals surface area contributed by atoms with Crippen LogP contribution in [0.4, 0.5) is 0 Å². The highest BCUT2D eigenvalue weighted by atomic mass is 16.5. The number of azide groups is 1. The molecule has 0 heterocycles. The van der Waals surface area contributed by atoms with Gasteiger partial charge >= 0.3 is 0 Å². The summed E-state index contributed by atoms with van der Waals surface area (Å²) < 4.78 is 5.66. The standard InChI is InChI=1S/C21H33N3O2/c1-6-20(2,3)13-15-26-14-7-8-19(25)18-11-9-17(10-12-18)16-21(4,5)23-24-22/h9-12H,6-8,13-16H2,1-5H3. The van der Waals surface area contributed by atoms with E-state index >= 15 is 0 Å². The van der Waals surface area contributed by atoms with E-state index in [0.717, 1.165) is 37.0 Å². The first-order chi connectivity index (χ1) is 12.2. The minimum Gasteiger partial charge on any atom is -0.381 e. The normalized spacial score (nSPS) is 11.9. The number of ketones is 1. The highest BCUT2D eigenvalue weighted by molar-refractivity contribution is 5.96. The van der Waals surface area contributed by atoms with E-state index in [1.54, 1.807) is 0 Å². The van der Waals surface area contributed by atoms with Gasteiger partial charge < -0.3 is 4.74 Å². The molecule has 0 atom stereocenters. The Kier molecular flexibility index (Phi) is 8.83. The summed E-state index contributed by atoms with van der Waals surface area (Å²) in [7, 11) is 0. The van der Waals surface area contributed by atoms with Crippen molar-refractivity contribution in [2.24, 2.45) is 10.5 Å². The number of rotatable bonds is 12. The van der Waals surface area contributed by atoms with Gasteiger partial charge in [-0.1, -0.05) is 70.4 Å². The van der Waals surface area contributed by atoms with Crippen LogP contribution in [0.5, 0.6) is 0 Å². The van der Waals surface area contributed by atoms with Gasteiger partial charge in [-0.05, 0) is 35.8 Å². The Morgan fingerprint density at radius 1 is 1.15 bits per heavy atom. The van der Waals surface area contributed by atoms with Crippen molar-refractivity contribution in [3.63, 3.8) is 0 Å². The first-order valence-corrected chi connectivity index (χ1v) is 9.45. The predicted molar refractivity (Wildman–Crippen MR) is 106 cm³/mol. The molecule has 0 N–H and O–H groups in total. The first kappa shape index (κ1) is 22.2. The van der Waals surface area contributed by atoms with Crippen LogP contribution in [-0.4, -0.2) is 24.5 Å². The second kappa shape index (κ2) is 10.3. The minimum absolute atomic E-state index is 0.142. The number of nitrogens with zero attached hydrogens (tertiary/aromatic N) is 3. The molecule has 1 aromatic carbocycles. The summed E-state index contributed by atoms with van der Waals surface area (Å²) in [5.41, 5.74) is 10.2. The third-order valence-corrected chi connectivity index (χ3v) is 4.80. The molecule has 0 unspecified atom stereocenters. The average Bonchev–Trinajstić information content (AvgIpc) is 2.58. The molecule has 5 heteroatoms. The summed E-state index contributed by atoms with van der Waals surface area (Å²) in [5, 5.41) is 3.79. The molecule has 1 aromatic rings. The number of carbonyl (C=O) groups excluding carboxylic acids is 1. The quantitative estimate of drug-likeness (QED) is 0.148. The van der Waals surface area contributed by atoms with Crippen molar-refractivity contribution >= 4 is 5.78 Å². The highest BCUT2D eigenvalue weighted by Gasteiger charge is 2.17. The fraction of sp³-hybridized carbons (Fsp3) is 0.667. The topological polar surface area (TPSA) is 75.1 Å². The molecule has 5 nitrogen and oxygen atoms in total. The summed E-state index contributed by atoms with van der Waals surface area (Å²) in [5.74, 6) is 0.142. The van der Waals surface area contributed by atoms with Crippen molar-refractivity contribution in [3.8, 4) is 0 Å². The van der Waals surface area contributed by atoms with Crippen molar-refractivity contribution in [2.75, 3.05) is 13.2 Å². The molecule has 0 aliphatic carbocycles. The Labute approximate surface area is 157 Å². The molecular weight excluding hydrogens is 326 g/mol. The van der Waals surface area contributed by atoms with Gasteiger partial charge in [0, 0.05) is 35.6 Å². The SMILES string of the molecule is CCC(C)(C)CCOCCCC(=O)c1ccc(CC(C)(C)N=[N+]=[N-])cc1. The van der Waals surface area contributed by atoms with Gasteiger partial charge in [0.25, 0.3) is 0 Å². The van der Waals surface area contributed by atoms with E-state index in [-0.39, 0.29) is 5.78 Å². The van der Waals surface area contributed by atoms with Gasteiger partial charge in [0.15, 0.2) is 5.78 Å². The zero-order valence-electron chi connectivity index (χ0n) is 16.9. The van der Waals surface area contributed by atoms with Gasteiger partial charge in [-0.2, -0.15) is 0 Å². The second-order valence-corrected chi connectivity index (χ2v) is 8.28. The Bertz CT molecular complexity index is 615. The van der Waals surface area contributed by atoms with Crippen LogP contribution in [-0.2, 0) is 11.2 Å². The third kappa shape index (κ3) is 8.50. The van der Waals surface area contributed by atoms with Crippen LogP contribution in [0.2, 0.25) is 0 Å². The molecule has 0 fully saturated rings. The van der Waals surface area contributed by atoms with E-state index in [9.17, 15) is 4.79 Å². The first-order valence-electron chi connectivity index (χ1n) is 9.45. The van der Waals surface area contributed by atoms with Gasteiger partial charge in [-0.15, -0.1) is 0 Å². The molecule has 0 bridgehead atoms. The zero-order chi connectivity index (χ0) is 19.6. The predicted octanol–water partition coefficient (Wildman–Crippen LogP) is 6.12. The molecule has 144 valence electrons. The van der Waals surface area contributed by atoms with Crippen LogP contribution >= 0.6 is 0 Å². The van der Waals surface area contributed by atoms with Gasteiger partial charge in [0.2, 0.25) is 0 Å². The Hall–Kier alpha value is -1.84. The number of ether oxygens (including phenoxy) is 1. The van der Waals surface area contributed by atoms with Gasteiger partial charge in [-0.3, -0.25) is 4.79 Å². The van der Waals surface area contributed by atoms with Crippen LogP contribution < -0.4 is 0 Å². The maximum Gasteiger partial charge on any atom is 0.162 e. The van der Waals surface area contributed by atoms with Crippen LogP contribution in [0.25, 0.3) is 10.4 Å². The second-order valence-electron chi connectivity index (χ2n) is 8.28. The molecule has 0 aliphatic heterocycles. The van der Waals surface area contributed by atoms with E-state index in [0.29, 0.717) is 24.9 Å². The number of carbonyl (C=O) groups is 1. The van der Waals surface area contributed by atoms with Crippen LogP contribution in [0.15, 0.2) is 29.4 Å². The third-order valence-electron chi connectivity index (χ3n) is 4.80. The molecule has 0 radical (unpaired) electrons. The number of hydrogen-bond donors (Lipinski definition) is 0. The molecule has 0 aliphatic rings. The summed E-state index contributed by atoms with van der Waals surface area (Å²) in [6.07, 6.45) is 4.08. The van der Waals surface area contributed by atoms with Crippen molar-refractivity contribution in [1.82, 2.24) is 0 Å². The molecule has 0 aromatic heterocycles. The Morgan fingerprint density at radius 3 is 2.38 bits per heavy atom. The summed E-state index contributed by atoms with van der Waals surface area (Å²) in [6.45, 7) is 11.9. The Balaban J connectivity index is 2.36. The largest absolute Gasteiger partial charge is 0.381 e. The number of Topliss-reactive ketones (excluding diaryl/α,β-unsaturated/α-hetero) is 1. The van der Waals surface area contributed by atoms with E-state index in [1.807, 2.05) is 38.1 Å². The molecule has 26 heavy (non-hydrogen) atoms. The molecule has 0 saturated heterocycles. The summed E-state index contributed by atoms with van der Waals surface area (Å²) in [4.78, 5) is 15.1. The number of hydrogen-bond acceptors (Lipinski definition) is 3. The smallest absolute Gasteiger partial charge is 0.162 e. The fourth-order valence-corrected chi connectivity index (χ4v) is 2.57. The van der Waals surface area contributed by atoms with E-state index in [2.05, 4.69) is 30.8 Å². The lowest BCUT2D eigenvalue weighted by atomic mass is 9.87. The van der Waals surface area contributed by atoms with Gasteiger partial charge in [0.05, 0.1) is 0 Å². The average molecular weight is 360 g/mol. The lowest BCUT2D eigenvalue weighted by Crippen LogP contribution is -2.19. The van der Waals surface area contributed by atoms with Gasteiger partial charge in [-0.25, -0.2) is 0 Å². The number of benzene rings is 1. The van der Waals surface area contributed by atoms with E-state index in [1.165, 1.54) is 0 Å². The van der Waals surface area contributed by atoms with Gasteiger partial charge in [0.1, 0.15) is 0 Å².